The molecule has 0 saturated carbocycles. The Bertz CT molecular complexity index is 951. The van der Waals surface area contributed by atoms with E-state index in [1.54, 1.807) is 11.9 Å². The average molecular weight is 459 g/mol. The minimum atomic E-state index is -0.182. The molecule has 2 aliphatic heterocycles. The summed E-state index contributed by atoms with van der Waals surface area (Å²) in [7, 11) is 1.79. The van der Waals surface area contributed by atoms with Crippen molar-refractivity contribution < 1.29 is 14.4 Å². The molecular weight excluding hydrogens is 427 g/mol. The molecule has 8 heteroatoms. The number of nitrogens with zero attached hydrogens (tertiary/aromatic N) is 4. The Hall–Kier alpha value is -2.32. The van der Waals surface area contributed by atoms with Gasteiger partial charge in [-0.3, -0.25) is 4.79 Å². The number of thioether (sulfide) groups is 1. The number of likely N-dealkylation sites (tertiary alicyclic amines) is 1. The fraction of sp³-hybridized carbons (Fsp3) is 0.500. The highest BCUT2D eigenvalue weighted by atomic mass is 32.2. The summed E-state index contributed by atoms with van der Waals surface area (Å²) in [6, 6.07) is 8.69. The van der Waals surface area contributed by atoms with E-state index in [9.17, 15) is 14.4 Å². The molecule has 6 nitrogen and oxygen atoms in total. The zero-order chi connectivity index (χ0) is 22.5. The van der Waals surface area contributed by atoms with Crippen LogP contribution in [0.5, 0.6) is 0 Å². The number of fused-ring (bicyclic) bond motifs is 1. The zero-order valence-electron chi connectivity index (χ0n) is 18.5. The molecule has 1 amide bonds. The molecule has 2 aliphatic rings. The molecule has 3 heterocycles. The molecule has 4 rings (SSSR count). The molecular formula is C24H31FN4O2S. The third-order valence-corrected chi connectivity index (χ3v) is 7.75. The van der Waals surface area contributed by atoms with Gasteiger partial charge in [-0.25, -0.2) is 4.39 Å². The van der Waals surface area contributed by atoms with Crippen LogP contribution in [-0.4, -0.2) is 69.7 Å². The van der Waals surface area contributed by atoms with E-state index in [2.05, 4.69) is 10.1 Å². The van der Waals surface area contributed by atoms with Gasteiger partial charge in [0.05, 0.1) is 5.71 Å². The summed E-state index contributed by atoms with van der Waals surface area (Å²) < 4.78 is 15.1. The van der Waals surface area contributed by atoms with E-state index >= 15 is 0 Å². The van der Waals surface area contributed by atoms with Crippen LogP contribution >= 0.6 is 11.8 Å². The Kier molecular flexibility index (Phi) is 7.52. The summed E-state index contributed by atoms with van der Waals surface area (Å²) >= 11 is 1.86. The largest absolute Gasteiger partial charge is 0.411 e. The number of piperidine rings is 1. The van der Waals surface area contributed by atoms with Crippen LogP contribution in [0.25, 0.3) is 0 Å². The van der Waals surface area contributed by atoms with E-state index in [0.29, 0.717) is 29.6 Å². The number of oxime groups is 1. The summed E-state index contributed by atoms with van der Waals surface area (Å²) in [5.74, 6) is -0.192. The van der Waals surface area contributed by atoms with Crippen molar-refractivity contribution in [3.8, 4) is 0 Å². The fourth-order valence-electron chi connectivity index (χ4n) is 4.50. The van der Waals surface area contributed by atoms with Crippen molar-refractivity contribution >= 4 is 23.4 Å². The van der Waals surface area contributed by atoms with Crippen molar-refractivity contribution in [3.05, 3.63) is 53.6 Å². The Balaban J connectivity index is 1.22. The molecule has 2 aromatic rings. The number of aromatic nitrogens is 1. The van der Waals surface area contributed by atoms with Gasteiger partial charge in [0, 0.05) is 48.5 Å². The van der Waals surface area contributed by atoms with E-state index < -0.39 is 0 Å². The smallest absolute Gasteiger partial charge is 0.270 e. The van der Waals surface area contributed by atoms with Crippen LogP contribution in [0.15, 0.2) is 46.6 Å². The van der Waals surface area contributed by atoms with E-state index in [1.165, 1.54) is 12.1 Å². The van der Waals surface area contributed by atoms with Gasteiger partial charge in [-0.1, -0.05) is 5.16 Å². The maximum Gasteiger partial charge on any atom is 0.270 e. The number of benzene rings is 1. The van der Waals surface area contributed by atoms with Gasteiger partial charge in [0.15, 0.2) is 0 Å². The van der Waals surface area contributed by atoms with Crippen molar-refractivity contribution in [2.75, 3.05) is 33.2 Å². The van der Waals surface area contributed by atoms with Crippen molar-refractivity contribution in [2.45, 2.75) is 48.8 Å². The molecule has 1 fully saturated rings. The third kappa shape index (κ3) is 5.35. The second kappa shape index (κ2) is 10.5. The predicted molar refractivity (Wildman–Crippen MR) is 125 cm³/mol. The summed E-state index contributed by atoms with van der Waals surface area (Å²) in [5.41, 5.74) is 1.97. The van der Waals surface area contributed by atoms with Crippen LogP contribution < -0.4 is 0 Å². The lowest BCUT2D eigenvalue weighted by Gasteiger charge is -2.31. The van der Waals surface area contributed by atoms with E-state index in [1.807, 2.05) is 40.7 Å². The Labute approximate surface area is 193 Å². The molecule has 0 bridgehead atoms. The Morgan fingerprint density at radius 1 is 1.09 bits per heavy atom. The number of amides is 1. The van der Waals surface area contributed by atoms with Gasteiger partial charge in [-0.2, -0.15) is 0 Å². The van der Waals surface area contributed by atoms with Crippen LogP contribution in [0.1, 0.15) is 48.2 Å². The summed E-state index contributed by atoms with van der Waals surface area (Å²) in [6.45, 7) is 4.59. The zero-order valence-corrected chi connectivity index (χ0v) is 19.4. The van der Waals surface area contributed by atoms with Gasteiger partial charge in [-0.15, -0.1) is 11.8 Å². The second-order valence-electron chi connectivity index (χ2n) is 8.61. The first-order chi connectivity index (χ1) is 15.5. The first kappa shape index (κ1) is 22.9. The van der Waals surface area contributed by atoms with Crippen LogP contribution in [0, 0.1) is 5.82 Å². The molecule has 0 spiro atoms. The number of unbranched alkanes of at least 4 members (excludes halogenated alkanes) is 1. The molecule has 1 aromatic carbocycles. The van der Waals surface area contributed by atoms with Gasteiger partial charge in [-0.05, 0) is 75.6 Å². The predicted octanol–water partition coefficient (Wildman–Crippen LogP) is 4.32. The Morgan fingerprint density at radius 2 is 1.81 bits per heavy atom. The van der Waals surface area contributed by atoms with Gasteiger partial charge >= 0.3 is 0 Å². The van der Waals surface area contributed by atoms with Gasteiger partial charge < -0.3 is 19.6 Å². The SMILES string of the molecule is CN1CCC(=NO)c2ccn(CCCCN3CCC(Sc4ccc(F)cc4)CC3)c2C1=O. The first-order valence-electron chi connectivity index (χ1n) is 11.4. The minimum absolute atomic E-state index is 0.00984. The molecule has 0 aliphatic carbocycles. The van der Waals surface area contributed by atoms with Gasteiger partial charge in [0.2, 0.25) is 0 Å². The number of aryl methyl sites for hydroxylation is 1. The van der Waals surface area contributed by atoms with Crippen molar-refractivity contribution in [1.82, 2.24) is 14.4 Å². The number of rotatable bonds is 7. The number of hydrogen-bond acceptors (Lipinski definition) is 5. The van der Waals surface area contributed by atoms with Crippen molar-refractivity contribution in [2.24, 2.45) is 5.16 Å². The standard InChI is InChI=1S/C24H31FN4O2S/c1-27-14-11-22(26-31)21-10-17-29(23(21)24(27)30)13-3-2-12-28-15-8-20(9-16-28)32-19-6-4-18(25)5-7-19/h4-7,10,17,20,31H,2-3,8-9,11-16H2,1H3. The maximum absolute atomic E-state index is 13.1. The lowest BCUT2D eigenvalue weighted by atomic mass is 10.1. The first-order valence-corrected chi connectivity index (χ1v) is 12.2. The summed E-state index contributed by atoms with van der Waals surface area (Å²) in [4.78, 5) is 18.1. The van der Waals surface area contributed by atoms with Crippen LogP contribution in [0.3, 0.4) is 0 Å². The highest BCUT2D eigenvalue weighted by Crippen LogP contribution is 2.30. The molecule has 1 N–H and O–H groups in total. The van der Waals surface area contributed by atoms with Gasteiger partial charge in [0.1, 0.15) is 11.5 Å². The highest BCUT2D eigenvalue weighted by Gasteiger charge is 2.27. The Morgan fingerprint density at radius 3 is 2.53 bits per heavy atom. The lowest BCUT2D eigenvalue weighted by molar-refractivity contribution is 0.0790. The second-order valence-corrected chi connectivity index (χ2v) is 9.99. The van der Waals surface area contributed by atoms with Crippen molar-refractivity contribution in [1.29, 1.82) is 0 Å². The van der Waals surface area contributed by atoms with Crippen LogP contribution in [-0.2, 0) is 6.54 Å². The third-order valence-electron chi connectivity index (χ3n) is 6.40. The monoisotopic (exact) mass is 458 g/mol. The summed E-state index contributed by atoms with van der Waals surface area (Å²) in [5, 5.41) is 13.4. The molecule has 1 aromatic heterocycles. The highest BCUT2D eigenvalue weighted by molar-refractivity contribution is 8.00. The maximum atomic E-state index is 13.1. The van der Waals surface area contributed by atoms with Crippen molar-refractivity contribution in [3.63, 3.8) is 0 Å². The summed E-state index contributed by atoms with van der Waals surface area (Å²) in [6.07, 6.45) is 6.87. The molecule has 172 valence electrons. The molecule has 0 atom stereocenters. The quantitative estimate of drug-likeness (QED) is 0.381. The molecule has 0 unspecified atom stereocenters. The number of hydrogen-bond donors (Lipinski definition) is 1. The molecule has 1 saturated heterocycles. The molecule has 32 heavy (non-hydrogen) atoms. The van der Waals surface area contributed by atoms with E-state index in [-0.39, 0.29) is 11.7 Å². The number of carbonyl (C=O) groups is 1. The van der Waals surface area contributed by atoms with Gasteiger partial charge in [0.25, 0.3) is 5.91 Å². The van der Waals surface area contributed by atoms with E-state index in [4.69, 9.17) is 0 Å². The minimum Gasteiger partial charge on any atom is -0.411 e. The topological polar surface area (TPSA) is 61.1 Å². The fourth-order valence-corrected chi connectivity index (χ4v) is 5.62. The lowest BCUT2D eigenvalue weighted by Crippen LogP contribution is -2.35. The van der Waals surface area contributed by atoms with Crippen LogP contribution in [0.4, 0.5) is 4.39 Å². The van der Waals surface area contributed by atoms with E-state index in [0.717, 1.165) is 62.3 Å². The number of carbonyl (C=O) groups excluding carboxylic acids is 1. The molecule has 0 radical (unpaired) electrons. The number of halogens is 1. The average Bonchev–Trinajstić information content (AvgIpc) is 3.17. The van der Waals surface area contributed by atoms with Crippen LogP contribution in [0.2, 0.25) is 0 Å². The normalized spacial score (nSPS) is 19.4.